The van der Waals surface area contributed by atoms with Crippen LogP contribution >= 0.6 is 0 Å². The van der Waals surface area contributed by atoms with E-state index < -0.39 is 11.9 Å². The fourth-order valence-corrected chi connectivity index (χ4v) is 1.74. The number of carbonyl (C=O) groups is 2. The number of hydrazine groups is 1. The predicted octanol–water partition coefficient (Wildman–Crippen LogP) is 0.282. The number of rotatable bonds is 4. The first-order chi connectivity index (χ1) is 9.86. The van der Waals surface area contributed by atoms with Gasteiger partial charge in [0, 0.05) is 24.5 Å². The lowest BCUT2D eigenvalue weighted by Crippen LogP contribution is -2.30. The Labute approximate surface area is 120 Å². The van der Waals surface area contributed by atoms with Crippen molar-refractivity contribution in [1.29, 1.82) is 0 Å². The van der Waals surface area contributed by atoms with Crippen LogP contribution in [0.25, 0.3) is 0 Å². The third-order valence-electron chi connectivity index (χ3n) is 2.60. The minimum Gasteiger partial charge on any atom is -0.477 e. The van der Waals surface area contributed by atoms with Crippen molar-refractivity contribution in [3.8, 4) is 0 Å². The topological polar surface area (TPSA) is 122 Å². The number of hydrogen-bond donors (Lipinski definition) is 3. The number of anilines is 1. The average molecular weight is 290 g/mol. The third kappa shape index (κ3) is 3.32. The molecule has 0 aliphatic rings. The van der Waals surface area contributed by atoms with Crippen LogP contribution in [0.1, 0.15) is 32.4 Å². The van der Waals surface area contributed by atoms with Gasteiger partial charge < -0.3 is 5.11 Å². The fourth-order valence-electron chi connectivity index (χ4n) is 1.74. The van der Waals surface area contributed by atoms with E-state index in [9.17, 15) is 9.59 Å². The molecule has 3 N–H and O–H groups in total. The Bertz CT molecular complexity index is 689. The highest BCUT2D eigenvalue weighted by Gasteiger charge is 2.16. The van der Waals surface area contributed by atoms with Crippen LogP contribution in [0.5, 0.6) is 0 Å². The van der Waals surface area contributed by atoms with Crippen LogP contribution in [0.4, 0.5) is 5.95 Å². The van der Waals surface area contributed by atoms with Crippen LogP contribution < -0.4 is 10.9 Å². The van der Waals surface area contributed by atoms with E-state index >= 15 is 0 Å². The Hall–Kier alpha value is -2.97. The van der Waals surface area contributed by atoms with E-state index in [0.717, 1.165) is 16.1 Å². The molecule has 0 atom stereocenters. The second-order valence-electron chi connectivity index (χ2n) is 4.40. The number of carbonyl (C=O) groups excluding carboxylic acids is 1. The SMILES string of the molecule is Cc1cc(C)nc(NNC(=O)c2cc(C(=O)O)n(C)n2)n1. The molecule has 0 aliphatic heterocycles. The molecule has 2 aromatic rings. The van der Waals surface area contributed by atoms with Gasteiger partial charge in [-0.3, -0.25) is 20.3 Å². The lowest BCUT2D eigenvalue weighted by molar-refractivity contribution is 0.0684. The molecule has 0 saturated carbocycles. The lowest BCUT2D eigenvalue weighted by atomic mass is 10.3. The van der Waals surface area contributed by atoms with Gasteiger partial charge in [-0.1, -0.05) is 0 Å². The van der Waals surface area contributed by atoms with Gasteiger partial charge in [-0.15, -0.1) is 0 Å². The lowest BCUT2D eigenvalue weighted by Gasteiger charge is -2.06. The van der Waals surface area contributed by atoms with E-state index in [1.54, 1.807) is 19.9 Å². The van der Waals surface area contributed by atoms with Crippen molar-refractivity contribution in [2.45, 2.75) is 13.8 Å². The van der Waals surface area contributed by atoms with Gasteiger partial charge in [0.2, 0.25) is 5.95 Å². The van der Waals surface area contributed by atoms with Crippen LogP contribution in [0, 0.1) is 13.8 Å². The van der Waals surface area contributed by atoms with Gasteiger partial charge >= 0.3 is 5.97 Å². The Kier molecular flexibility index (Phi) is 3.83. The number of aromatic carboxylic acids is 1. The van der Waals surface area contributed by atoms with Gasteiger partial charge in [0.1, 0.15) is 5.69 Å². The molecule has 2 aromatic heterocycles. The first-order valence-corrected chi connectivity index (χ1v) is 6.03. The molecule has 0 spiro atoms. The summed E-state index contributed by atoms with van der Waals surface area (Å²) in [6, 6.07) is 2.98. The minimum absolute atomic E-state index is 0.0215. The molecule has 9 heteroatoms. The maximum absolute atomic E-state index is 11.9. The molecule has 21 heavy (non-hydrogen) atoms. The molecule has 2 heterocycles. The molecule has 0 aromatic carbocycles. The van der Waals surface area contributed by atoms with Crippen molar-refractivity contribution in [1.82, 2.24) is 25.2 Å². The highest BCUT2D eigenvalue weighted by molar-refractivity contribution is 5.95. The Morgan fingerprint density at radius 1 is 1.19 bits per heavy atom. The van der Waals surface area contributed by atoms with Crippen molar-refractivity contribution in [3.63, 3.8) is 0 Å². The summed E-state index contributed by atoms with van der Waals surface area (Å²) >= 11 is 0. The van der Waals surface area contributed by atoms with Crippen molar-refractivity contribution < 1.29 is 14.7 Å². The number of amides is 1. The smallest absolute Gasteiger partial charge is 0.354 e. The number of carboxylic acids is 1. The first-order valence-electron chi connectivity index (χ1n) is 6.03. The predicted molar refractivity (Wildman–Crippen MR) is 72.8 cm³/mol. The van der Waals surface area contributed by atoms with Crippen LogP contribution in [0.3, 0.4) is 0 Å². The molecule has 1 amide bonds. The molecular weight excluding hydrogens is 276 g/mol. The molecule has 0 aliphatic carbocycles. The summed E-state index contributed by atoms with van der Waals surface area (Å²) in [5.41, 5.74) is 6.34. The highest BCUT2D eigenvalue weighted by atomic mass is 16.4. The Morgan fingerprint density at radius 3 is 2.33 bits per heavy atom. The van der Waals surface area contributed by atoms with E-state index in [0.29, 0.717) is 0 Å². The van der Waals surface area contributed by atoms with Crippen LogP contribution in [0.15, 0.2) is 12.1 Å². The fraction of sp³-hybridized carbons (Fsp3) is 0.250. The molecule has 0 radical (unpaired) electrons. The molecule has 0 unspecified atom stereocenters. The average Bonchev–Trinajstić information content (AvgIpc) is 2.77. The largest absolute Gasteiger partial charge is 0.477 e. The molecule has 9 nitrogen and oxygen atoms in total. The quantitative estimate of drug-likeness (QED) is 0.691. The number of nitrogens with zero attached hydrogens (tertiary/aromatic N) is 4. The monoisotopic (exact) mass is 290 g/mol. The number of nitrogens with one attached hydrogen (secondary N) is 2. The van der Waals surface area contributed by atoms with Gasteiger partial charge in [0.25, 0.3) is 5.91 Å². The van der Waals surface area contributed by atoms with E-state index in [4.69, 9.17) is 5.11 Å². The zero-order valence-corrected chi connectivity index (χ0v) is 11.7. The van der Waals surface area contributed by atoms with Crippen LogP contribution in [-0.2, 0) is 7.05 Å². The van der Waals surface area contributed by atoms with Gasteiger partial charge in [0.05, 0.1) is 0 Å². The summed E-state index contributed by atoms with van der Waals surface area (Å²) in [6.45, 7) is 3.61. The van der Waals surface area contributed by atoms with Crippen molar-refractivity contribution in [3.05, 3.63) is 34.9 Å². The van der Waals surface area contributed by atoms with Crippen LogP contribution in [-0.4, -0.2) is 36.7 Å². The molecule has 2 rings (SSSR count). The van der Waals surface area contributed by atoms with E-state index in [-0.39, 0.29) is 17.3 Å². The van der Waals surface area contributed by atoms with Crippen LogP contribution in [0.2, 0.25) is 0 Å². The van der Waals surface area contributed by atoms with Gasteiger partial charge in [-0.25, -0.2) is 14.8 Å². The number of hydrogen-bond acceptors (Lipinski definition) is 6. The number of aryl methyl sites for hydroxylation is 3. The second kappa shape index (κ2) is 5.57. The second-order valence-corrected chi connectivity index (χ2v) is 4.40. The zero-order chi connectivity index (χ0) is 15.6. The maximum atomic E-state index is 11.9. The molecule has 0 bridgehead atoms. The van der Waals surface area contributed by atoms with Gasteiger partial charge in [-0.05, 0) is 19.9 Å². The van der Waals surface area contributed by atoms with Gasteiger partial charge in [-0.2, -0.15) is 5.10 Å². The van der Waals surface area contributed by atoms with E-state index in [1.165, 1.54) is 13.1 Å². The third-order valence-corrected chi connectivity index (χ3v) is 2.60. The van der Waals surface area contributed by atoms with Crippen molar-refractivity contribution >= 4 is 17.8 Å². The summed E-state index contributed by atoms with van der Waals surface area (Å²) in [6.07, 6.45) is 0. The summed E-state index contributed by atoms with van der Waals surface area (Å²) < 4.78 is 1.12. The first kappa shape index (κ1) is 14.4. The number of carboxylic acid groups (broad SMARTS) is 1. The van der Waals surface area contributed by atoms with E-state index in [1.807, 2.05) is 0 Å². The standard InChI is InChI=1S/C12H14N6O3/c1-6-4-7(2)14-12(13-6)16-15-10(19)8-5-9(11(20)21)18(3)17-8/h4-5H,1-3H3,(H,15,19)(H,20,21)(H,13,14,16). The summed E-state index contributed by atoms with van der Waals surface area (Å²) in [5.74, 6) is -1.49. The summed E-state index contributed by atoms with van der Waals surface area (Å²) in [7, 11) is 1.45. The van der Waals surface area contributed by atoms with Gasteiger partial charge in [0.15, 0.2) is 5.69 Å². The van der Waals surface area contributed by atoms with E-state index in [2.05, 4.69) is 25.9 Å². The van der Waals surface area contributed by atoms with Crippen molar-refractivity contribution in [2.24, 2.45) is 7.05 Å². The summed E-state index contributed by atoms with van der Waals surface area (Å²) in [4.78, 5) is 30.9. The molecule has 0 saturated heterocycles. The normalized spacial score (nSPS) is 10.2. The Morgan fingerprint density at radius 2 is 1.81 bits per heavy atom. The highest BCUT2D eigenvalue weighted by Crippen LogP contribution is 2.05. The Balaban J connectivity index is 2.08. The molecular formula is C12H14N6O3. The van der Waals surface area contributed by atoms with Crippen molar-refractivity contribution in [2.75, 3.05) is 5.43 Å². The number of aromatic nitrogens is 4. The molecule has 0 fully saturated rings. The molecule has 110 valence electrons. The maximum Gasteiger partial charge on any atom is 0.354 e. The summed E-state index contributed by atoms with van der Waals surface area (Å²) in [5, 5.41) is 12.7. The zero-order valence-electron chi connectivity index (χ0n) is 11.7. The minimum atomic E-state index is -1.16.